The SMILES string of the molecule is N[C@@H](CSC(C=O)CC(=O)O)C(=O)O.O=C(O)C(F)(F)F. The summed E-state index contributed by atoms with van der Waals surface area (Å²) in [5.41, 5.74) is 5.17. The summed E-state index contributed by atoms with van der Waals surface area (Å²) in [7, 11) is 0. The quantitative estimate of drug-likeness (QED) is 0.463. The highest BCUT2D eigenvalue weighted by molar-refractivity contribution is 8.00. The second-order valence-corrected chi connectivity index (χ2v) is 4.63. The van der Waals surface area contributed by atoms with Gasteiger partial charge in [-0.3, -0.25) is 9.59 Å². The first kappa shape index (κ1) is 21.5. The molecule has 21 heavy (non-hydrogen) atoms. The fraction of sp³-hybridized carbons (Fsp3) is 0.556. The number of nitrogens with two attached hydrogens (primary N) is 1. The zero-order chi connectivity index (χ0) is 17.2. The Bertz CT molecular complexity index is 388. The Balaban J connectivity index is 0. The molecule has 122 valence electrons. The maximum absolute atomic E-state index is 10.6. The normalized spacial score (nSPS) is 13.3. The van der Waals surface area contributed by atoms with Crippen molar-refractivity contribution in [2.45, 2.75) is 23.9 Å². The molecule has 0 aromatic heterocycles. The van der Waals surface area contributed by atoms with E-state index in [9.17, 15) is 27.6 Å². The van der Waals surface area contributed by atoms with E-state index >= 15 is 0 Å². The first-order valence-corrected chi connectivity index (χ1v) is 6.03. The van der Waals surface area contributed by atoms with E-state index in [1.807, 2.05) is 0 Å². The molecule has 0 bridgehead atoms. The molecule has 8 nitrogen and oxygen atoms in total. The molecule has 0 aromatic carbocycles. The number of hydrogen-bond acceptors (Lipinski definition) is 6. The smallest absolute Gasteiger partial charge is 0.481 e. The Kier molecular flexibility index (Phi) is 10.2. The lowest BCUT2D eigenvalue weighted by molar-refractivity contribution is -0.192. The summed E-state index contributed by atoms with van der Waals surface area (Å²) in [4.78, 5) is 39.8. The van der Waals surface area contributed by atoms with Gasteiger partial charge in [0.15, 0.2) is 0 Å². The van der Waals surface area contributed by atoms with Crippen molar-refractivity contribution < 1.29 is 47.7 Å². The molecule has 5 N–H and O–H groups in total. The predicted octanol–water partition coefficient (Wildman–Crippen LogP) is -0.193. The van der Waals surface area contributed by atoms with Crippen LogP contribution in [-0.4, -0.2) is 62.7 Å². The number of aliphatic carboxylic acids is 3. The van der Waals surface area contributed by atoms with Gasteiger partial charge in [-0.2, -0.15) is 13.2 Å². The van der Waals surface area contributed by atoms with Gasteiger partial charge in [0.2, 0.25) is 0 Å². The monoisotopic (exact) mass is 335 g/mol. The first-order valence-electron chi connectivity index (χ1n) is 4.99. The third-order valence-electron chi connectivity index (χ3n) is 1.58. The predicted molar refractivity (Wildman–Crippen MR) is 63.9 cm³/mol. The van der Waals surface area contributed by atoms with Crippen molar-refractivity contribution in [2.75, 3.05) is 5.75 Å². The number of hydrogen-bond donors (Lipinski definition) is 4. The van der Waals surface area contributed by atoms with E-state index in [2.05, 4.69) is 0 Å². The summed E-state index contributed by atoms with van der Waals surface area (Å²) in [6.45, 7) is 0. The summed E-state index contributed by atoms with van der Waals surface area (Å²) >= 11 is 0.932. The van der Waals surface area contributed by atoms with E-state index in [-0.39, 0.29) is 12.2 Å². The van der Waals surface area contributed by atoms with Gasteiger partial charge in [-0.05, 0) is 0 Å². The molecule has 0 aromatic rings. The molecule has 0 aliphatic heterocycles. The van der Waals surface area contributed by atoms with Gasteiger partial charge in [0.25, 0.3) is 0 Å². The Hall–Kier alpha value is -1.82. The van der Waals surface area contributed by atoms with E-state index in [4.69, 9.17) is 25.8 Å². The van der Waals surface area contributed by atoms with Crippen LogP contribution < -0.4 is 5.73 Å². The van der Waals surface area contributed by atoms with Crippen molar-refractivity contribution in [2.24, 2.45) is 5.73 Å². The first-order chi connectivity index (χ1) is 9.41. The number of halogens is 3. The number of carboxylic acids is 3. The van der Waals surface area contributed by atoms with Gasteiger partial charge >= 0.3 is 24.1 Å². The van der Waals surface area contributed by atoms with E-state index in [1.165, 1.54) is 0 Å². The van der Waals surface area contributed by atoms with Crippen LogP contribution in [0.2, 0.25) is 0 Å². The van der Waals surface area contributed by atoms with Gasteiger partial charge in [0.05, 0.1) is 11.7 Å². The van der Waals surface area contributed by atoms with Crippen molar-refractivity contribution >= 4 is 36.0 Å². The van der Waals surface area contributed by atoms with Crippen LogP contribution in [0, 0.1) is 0 Å². The average Bonchev–Trinajstić information content (AvgIpc) is 2.32. The number of carboxylic acid groups (broad SMARTS) is 3. The maximum Gasteiger partial charge on any atom is 0.490 e. The third-order valence-corrected chi connectivity index (χ3v) is 2.83. The van der Waals surface area contributed by atoms with Gasteiger partial charge in [-0.15, -0.1) is 11.8 Å². The van der Waals surface area contributed by atoms with Gasteiger partial charge in [0, 0.05) is 5.75 Å². The number of aldehydes is 1. The molecular weight excluding hydrogens is 323 g/mol. The Morgan fingerprint density at radius 1 is 1.19 bits per heavy atom. The summed E-state index contributed by atoms with van der Waals surface area (Å²) in [5.74, 6) is -5.00. The molecule has 0 heterocycles. The number of carbonyl (C=O) groups excluding carboxylic acids is 1. The van der Waals surface area contributed by atoms with Crippen molar-refractivity contribution in [1.29, 1.82) is 0 Å². The highest BCUT2D eigenvalue weighted by atomic mass is 32.2. The minimum absolute atomic E-state index is 0.0199. The van der Waals surface area contributed by atoms with Crippen molar-refractivity contribution in [3.8, 4) is 0 Å². The fourth-order valence-corrected chi connectivity index (χ4v) is 1.55. The molecule has 0 radical (unpaired) electrons. The van der Waals surface area contributed by atoms with Crippen LogP contribution in [-0.2, 0) is 19.2 Å². The van der Waals surface area contributed by atoms with Crippen LogP contribution in [0.5, 0.6) is 0 Å². The van der Waals surface area contributed by atoms with E-state index < -0.39 is 35.4 Å². The lowest BCUT2D eigenvalue weighted by atomic mass is 10.3. The summed E-state index contributed by atoms with van der Waals surface area (Å²) in [6, 6.07) is -1.07. The molecule has 0 fully saturated rings. The molecule has 0 spiro atoms. The topological polar surface area (TPSA) is 155 Å². The van der Waals surface area contributed by atoms with Crippen molar-refractivity contribution in [3.05, 3.63) is 0 Å². The Labute approximate surface area is 120 Å². The van der Waals surface area contributed by atoms with Crippen LogP contribution in [0.3, 0.4) is 0 Å². The molecule has 0 saturated carbocycles. The molecule has 0 saturated heterocycles. The molecule has 2 atom stereocenters. The molecule has 0 amide bonds. The van der Waals surface area contributed by atoms with Crippen LogP contribution >= 0.6 is 11.8 Å². The minimum Gasteiger partial charge on any atom is -0.481 e. The zero-order valence-electron chi connectivity index (χ0n) is 10.2. The molecule has 1 unspecified atom stereocenters. The van der Waals surface area contributed by atoms with E-state index in [0.717, 1.165) is 11.8 Å². The Morgan fingerprint density at radius 2 is 1.62 bits per heavy atom. The number of alkyl halides is 3. The van der Waals surface area contributed by atoms with Crippen LogP contribution in [0.15, 0.2) is 0 Å². The second-order valence-electron chi connectivity index (χ2n) is 3.35. The highest BCUT2D eigenvalue weighted by Crippen LogP contribution is 2.13. The summed E-state index contributed by atoms with van der Waals surface area (Å²) in [6.07, 6.45) is -4.92. The molecule has 0 aliphatic rings. The van der Waals surface area contributed by atoms with Crippen molar-refractivity contribution in [1.82, 2.24) is 0 Å². The lowest BCUT2D eigenvalue weighted by Gasteiger charge is -2.09. The standard InChI is InChI=1S/C7H11NO5S.C2HF3O2/c8-5(7(12)13)3-14-4(2-9)1-6(10)11;3-2(4,5)1(6)7/h2,4-5H,1,3,8H2,(H,10,11)(H,12,13);(H,6,7)/t4?,5-;/m0./s1. The second kappa shape index (κ2) is 9.99. The average molecular weight is 335 g/mol. The van der Waals surface area contributed by atoms with Gasteiger partial charge in [-0.25, -0.2) is 4.79 Å². The lowest BCUT2D eigenvalue weighted by Crippen LogP contribution is -2.33. The number of thioether (sulfide) groups is 1. The maximum atomic E-state index is 10.6. The van der Waals surface area contributed by atoms with Crippen LogP contribution in [0.25, 0.3) is 0 Å². The van der Waals surface area contributed by atoms with Crippen LogP contribution in [0.4, 0.5) is 13.2 Å². The highest BCUT2D eigenvalue weighted by Gasteiger charge is 2.38. The van der Waals surface area contributed by atoms with Crippen LogP contribution in [0.1, 0.15) is 6.42 Å². The van der Waals surface area contributed by atoms with Gasteiger partial charge in [0.1, 0.15) is 12.3 Å². The largest absolute Gasteiger partial charge is 0.490 e. The summed E-state index contributed by atoms with van der Waals surface area (Å²) < 4.78 is 31.7. The zero-order valence-corrected chi connectivity index (χ0v) is 11.1. The number of carbonyl (C=O) groups is 4. The molecular formula is C9H12F3NO7S. The van der Waals surface area contributed by atoms with Crippen molar-refractivity contribution in [3.63, 3.8) is 0 Å². The molecule has 12 heteroatoms. The number of rotatable bonds is 7. The minimum atomic E-state index is -5.08. The fourth-order valence-electron chi connectivity index (χ4n) is 0.617. The third kappa shape index (κ3) is 12.9. The van der Waals surface area contributed by atoms with E-state index in [1.54, 1.807) is 0 Å². The summed E-state index contributed by atoms with van der Waals surface area (Å²) in [5, 5.41) is 23.2. The Morgan fingerprint density at radius 3 is 1.86 bits per heavy atom. The van der Waals surface area contributed by atoms with E-state index in [0.29, 0.717) is 6.29 Å². The molecule has 0 rings (SSSR count). The van der Waals surface area contributed by atoms with Gasteiger partial charge < -0.3 is 25.8 Å². The molecule has 0 aliphatic carbocycles. The van der Waals surface area contributed by atoms with Gasteiger partial charge in [-0.1, -0.05) is 0 Å².